The van der Waals surface area contributed by atoms with Gasteiger partial charge < -0.3 is 14.7 Å². The molecule has 1 saturated heterocycles. The van der Waals surface area contributed by atoms with Gasteiger partial charge in [0.15, 0.2) is 0 Å². The Morgan fingerprint density at radius 1 is 1.11 bits per heavy atom. The predicted octanol–water partition coefficient (Wildman–Crippen LogP) is 2.35. The van der Waals surface area contributed by atoms with Crippen LogP contribution in [0.5, 0.6) is 5.75 Å². The Hall–Kier alpha value is -4.02. The highest BCUT2D eigenvalue weighted by molar-refractivity contribution is 5.87. The largest absolute Gasteiger partial charge is 0.488 e. The van der Waals surface area contributed by atoms with Gasteiger partial charge in [0.1, 0.15) is 12.4 Å². The maximum atomic E-state index is 13.6. The Labute approximate surface area is 197 Å². The molecule has 1 fully saturated rings. The fourth-order valence-electron chi connectivity index (χ4n) is 4.29. The van der Waals surface area contributed by atoms with Gasteiger partial charge in [-0.2, -0.15) is 0 Å². The van der Waals surface area contributed by atoms with Crippen molar-refractivity contribution in [1.29, 1.82) is 0 Å². The number of amides is 1. The van der Waals surface area contributed by atoms with E-state index in [0.29, 0.717) is 37.0 Å². The number of alkyl halides is 2. The van der Waals surface area contributed by atoms with Crippen molar-refractivity contribution >= 4 is 23.3 Å². The Kier molecular flexibility index (Phi) is 6.94. The second kappa shape index (κ2) is 10.1. The SMILES string of the molecule is O=CN1CCC(n2c(=O)n(Cc3ccc(C(=O)O)cc3)c(=O)c3cc(OCC(F)F)ccc32)CC1. The van der Waals surface area contributed by atoms with Gasteiger partial charge in [-0.05, 0) is 48.7 Å². The van der Waals surface area contributed by atoms with Crippen LogP contribution in [0.3, 0.4) is 0 Å². The molecule has 4 rings (SSSR count). The number of aromatic nitrogens is 2. The van der Waals surface area contributed by atoms with Gasteiger partial charge in [0, 0.05) is 19.1 Å². The lowest BCUT2D eigenvalue weighted by Gasteiger charge is -2.31. The zero-order chi connectivity index (χ0) is 25.1. The van der Waals surface area contributed by atoms with E-state index >= 15 is 0 Å². The first kappa shape index (κ1) is 24.1. The first-order chi connectivity index (χ1) is 16.8. The maximum absolute atomic E-state index is 13.6. The van der Waals surface area contributed by atoms with Crippen molar-refractivity contribution in [1.82, 2.24) is 14.0 Å². The van der Waals surface area contributed by atoms with Crippen molar-refractivity contribution in [2.45, 2.75) is 31.9 Å². The van der Waals surface area contributed by atoms with Crippen molar-refractivity contribution in [3.63, 3.8) is 0 Å². The van der Waals surface area contributed by atoms with E-state index in [0.717, 1.165) is 11.0 Å². The molecule has 0 radical (unpaired) electrons. The Morgan fingerprint density at radius 2 is 1.80 bits per heavy atom. The maximum Gasteiger partial charge on any atom is 0.335 e. The smallest absolute Gasteiger partial charge is 0.335 e. The predicted molar refractivity (Wildman–Crippen MR) is 122 cm³/mol. The van der Waals surface area contributed by atoms with Crippen LogP contribution in [0.2, 0.25) is 0 Å². The van der Waals surface area contributed by atoms with Gasteiger partial charge in [-0.25, -0.2) is 18.4 Å². The lowest BCUT2D eigenvalue weighted by molar-refractivity contribution is -0.119. The summed E-state index contributed by atoms with van der Waals surface area (Å²) in [5.41, 5.74) is -0.195. The molecule has 0 saturated carbocycles. The highest BCUT2D eigenvalue weighted by atomic mass is 19.3. The number of likely N-dealkylation sites (tertiary alicyclic amines) is 1. The number of carboxylic acids is 1. The van der Waals surface area contributed by atoms with E-state index < -0.39 is 30.3 Å². The highest BCUT2D eigenvalue weighted by Crippen LogP contribution is 2.26. The monoisotopic (exact) mass is 487 g/mol. The standard InChI is InChI=1S/C24H23F2N3O6/c25-21(26)13-35-18-5-6-20-19(11-18)22(31)28(12-15-1-3-16(4-2-15)23(32)33)24(34)29(20)17-7-9-27(14-30)10-8-17/h1-6,11,14,17,21H,7-10,12-13H2,(H,32,33). The summed E-state index contributed by atoms with van der Waals surface area (Å²) in [6.45, 7) is -0.0385. The van der Waals surface area contributed by atoms with Crippen LogP contribution in [0.4, 0.5) is 8.78 Å². The van der Waals surface area contributed by atoms with E-state index in [1.54, 1.807) is 4.90 Å². The van der Waals surface area contributed by atoms with Crippen LogP contribution >= 0.6 is 0 Å². The number of carboxylic acid groups (broad SMARTS) is 1. The lowest BCUT2D eigenvalue weighted by Crippen LogP contribution is -2.44. The van der Waals surface area contributed by atoms with Gasteiger partial charge in [-0.3, -0.25) is 18.7 Å². The van der Waals surface area contributed by atoms with Crippen molar-refractivity contribution in [3.8, 4) is 5.75 Å². The number of rotatable bonds is 8. The van der Waals surface area contributed by atoms with E-state index in [4.69, 9.17) is 9.84 Å². The number of hydrogen-bond donors (Lipinski definition) is 1. The molecule has 3 aromatic rings. The molecular weight excluding hydrogens is 464 g/mol. The minimum Gasteiger partial charge on any atom is -0.488 e. The molecule has 1 amide bonds. The van der Waals surface area contributed by atoms with Gasteiger partial charge in [-0.1, -0.05) is 12.1 Å². The molecule has 35 heavy (non-hydrogen) atoms. The van der Waals surface area contributed by atoms with E-state index in [2.05, 4.69) is 0 Å². The average Bonchev–Trinajstić information content (AvgIpc) is 2.86. The molecule has 2 aromatic carbocycles. The van der Waals surface area contributed by atoms with Crippen molar-refractivity contribution in [2.24, 2.45) is 0 Å². The highest BCUT2D eigenvalue weighted by Gasteiger charge is 2.25. The normalized spacial score (nSPS) is 14.4. The third-order valence-electron chi connectivity index (χ3n) is 6.07. The molecule has 0 bridgehead atoms. The van der Waals surface area contributed by atoms with Gasteiger partial charge in [0.25, 0.3) is 12.0 Å². The number of fused-ring (bicyclic) bond motifs is 1. The van der Waals surface area contributed by atoms with Gasteiger partial charge in [0.05, 0.1) is 23.0 Å². The summed E-state index contributed by atoms with van der Waals surface area (Å²) in [7, 11) is 0. The van der Waals surface area contributed by atoms with Crippen molar-refractivity contribution in [2.75, 3.05) is 19.7 Å². The number of aromatic carboxylic acids is 1. The number of carbonyl (C=O) groups excluding carboxylic acids is 1. The molecular formula is C24H23F2N3O6. The summed E-state index contributed by atoms with van der Waals surface area (Å²) >= 11 is 0. The molecule has 9 nitrogen and oxygen atoms in total. The molecule has 1 aliphatic rings. The first-order valence-corrected chi connectivity index (χ1v) is 11.0. The fraction of sp³-hybridized carbons (Fsp3) is 0.333. The fourth-order valence-corrected chi connectivity index (χ4v) is 4.29. The van der Waals surface area contributed by atoms with E-state index in [-0.39, 0.29) is 29.3 Å². The molecule has 2 heterocycles. The summed E-state index contributed by atoms with van der Waals surface area (Å²) in [6, 6.07) is 9.83. The van der Waals surface area contributed by atoms with Crippen LogP contribution < -0.4 is 16.0 Å². The number of nitrogens with zero attached hydrogens (tertiary/aromatic N) is 3. The lowest BCUT2D eigenvalue weighted by atomic mass is 10.0. The Morgan fingerprint density at radius 3 is 2.40 bits per heavy atom. The summed E-state index contributed by atoms with van der Waals surface area (Å²) in [5, 5.41) is 9.24. The molecule has 0 unspecified atom stereocenters. The van der Waals surface area contributed by atoms with Crippen LogP contribution in [0, 0.1) is 0 Å². The van der Waals surface area contributed by atoms with E-state index in [9.17, 15) is 28.0 Å². The van der Waals surface area contributed by atoms with Gasteiger partial charge >= 0.3 is 11.7 Å². The molecule has 1 aliphatic heterocycles. The van der Waals surface area contributed by atoms with Gasteiger partial charge in [0.2, 0.25) is 6.41 Å². The number of ether oxygens (including phenoxy) is 1. The summed E-state index contributed by atoms with van der Waals surface area (Å²) in [6.07, 6.45) is -0.926. The number of piperidine rings is 1. The van der Waals surface area contributed by atoms with Crippen LogP contribution in [-0.4, -0.2) is 57.6 Å². The van der Waals surface area contributed by atoms with Crippen LogP contribution in [0.15, 0.2) is 52.1 Å². The Balaban J connectivity index is 1.82. The van der Waals surface area contributed by atoms with Gasteiger partial charge in [-0.15, -0.1) is 0 Å². The van der Waals surface area contributed by atoms with Crippen LogP contribution in [-0.2, 0) is 11.3 Å². The number of benzene rings is 2. The number of hydrogen-bond acceptors (Lipinski definition) is 5. The summed E-state index contributed by atoms with van der Waals surface area (Å²) < 4.78 is 32.9. The molecule has 1 N–H and O–H groups in total. The molecule has 0 aliphatic carbocycles. The van der Waals surface area contributed by atoms with Crippen molar-refractivity contribution < 1.29 is 28.2 Å². The third kappa shape index (κ3) is 5.08. The van der Waals surface area contributed by atoms with E-state index in [1.165, 1.54) is 47.0 Å². The summed E-state index contributed by atoms with van der Waals surface area (Å²) in [5.74, 6) is -1.02. The van der Waals surface area contributed by atoms with Crippen LogP contribution in [0.1, 0.15) is 34.8 Å². The molecule has 0 atom stereocenters. The van der Waals surface area contributed by atoms with Crippen molar-refractivity contribution in [3.05, 3.63) is 74.4 Å². The average molecular weight is 487 g/mol. The molecule has 11 heteroatoms. The Bertz CT molecular complexity index is 1360. The molecule has 184 valence electrons. The minimum atomic E-state index is -2.69. The quantitative estimate of drug-likeness (QED) is 0.489. The first-order valence-electron chi connectivity index (χ1n) is 11.0. The second-order valence-electron chi connectivity index (χ2n) is 8.30. The number of halogens is 2. The van der Waals surface area contributed by atoms with E-state index in [1.807, 2.05) is 0 Å². The minimum absolute atomic E-state index is 0.0692. The second-order valence-corrected chi connectivity index (χ2v) is 8.30. The summed E-state index contributed by atoms with van der Waals surface area (Å²) in [4.78, 5) is 50.7. The van der Waals surface area contributed by atoms with Crippen LogP contribution in [0.25, 0.3) is 10.9 Å². The topological polar surface area (TPSA) is 111 Å². The third-order valence-corrected chi connectivity index (χ3v) is 6.07. The zero-order valence-electron chi connectivity index (χ0n) is 18.6. The zero-order valence-corrected chi connectivity index (χ0v) is 18.6. The number of carbonyl (C=O) groups is 2. The molecule has 0 spiro atoms. The molecule has 1 aromatic heterocycles.